The number of nitrogens with zero attached hydrogens (tertiary/aromatic N) is 1. The van der Waals surface area contributed by atoms with Gasteiger partial charge in [0.2, 0.25) is 6.79 Å². The summed E-state index contributed by atoms with van der Waals surface area (Å²) in [6.07, 6.45) is 0. The second-order valence-electron chi connectivity index (χ2n) is 4.94. The summed E-state index contributed by atoms with van der Waals surface area (Å²) in [4.78, 5) is 19.3. The first-order valence-electron chi connectivity index (χ1n) is 6.93. The smallest absolute Gasteiger partial charge is 0.261 e. The van der Waals surface area contributed by atoms with Gasteiger partial charge in [-0.25, -0.2) is 4.98 Å². The monoisotopic (exact) mass is 344 g/mol. The van der Waals surface area contributed by atoms with E-state index in [1.165, 1.54) is 16.2 Å². The minimum atomic E-state index is -0.254. The van der Waals surface area contributed by atoms with Gasteiger partial charge in [-0.2, -0.15) is 0 Å². The number of fused-ring (bicyclic) bond motifs is 1. The number of carbonyl (C=O) groups is 1. The highest BCUT2D eigenvalue weighted by atomic mass is 32.1. The minimum absolute atomic E-state index is 0.138. The van der Waals surface area contributed by atoms with E-state index in [1.807, 2.05) is 11.4 Å². The molecule has 5 nitrogen and oxygen atoms in total. The molecule has 1 aromatic carbocycles. The first-order chi connectivity index (χ1) is 11.2. The number of ether oxygens (including phenoxy) is 2. The number of rotatable bonds is 3. The standard InChI is InChI=1S/C16H12N2O3S2/c1-9-5-6-13(23-9)11-7-22-16(17-11)18-15(19)10-3-2-4-12-14(10)21-8-20-12/h2-7H,8H2,1H3,(H,17,18,19). The van der Waals surface area contributed by atoms with Gasteiger partial charge in [-0.3, -0.25) is 10.1 Å². The van der Waals surface area contributed by atoms with E-state index < -0.39 is 0 Å². The average Bonchev–Trinajstić information content (AvgIpc) is 3.26. The fourth-order valence-corrected chi connectivity index (χ4v) is 3.90. The molecule has 116 valence electrons. The molecule has 0 bridgehead atoms. The Morgan fingerprint density at radius 3 is 3.00 bits per heavy atom. The number of aromatic nitrogens is 1. The summed E-state index contributed by atoms with van der Waals surface area (Å²) in [6.45, 7) is 2.19. The molecular formula is C16H12N2O3S2. The third-order valence-electron chi connectivity index (χ3n) is 3.36. The highest BCUT2D eigenvalue weighted by molar-refractivity contribution is 7.17. The summed E-state index contributed by atoms with van der Waals surface area (Å²) in [5.74, 6) is 0.817. The Morgan fingerprint density at radius 1 is 1.26 bits per heavy atom. The molecule has 23 heavy (non-hydrogen) atoms. The van der Waals surface area contributed by atoms with Gasteiger partial charge >= 0.3 is 0 Å². The Balaban J connectivity index is 1.56. The zero-order valence-corrected chi connectivity index (χ0v) is 13.8. The van der Waals surface area contributed by atoms with Crippen molar-refractivity contribution in [2.75, 3.05) is 12.1 Å². The topological polar surface area (TPSA) is 60.5 Å². The Hall–Kier alpha value is -2.38. The average molecular weight is 344 g/mol. The molecule has 0 saturated carbocycles. The molecule has 0 unspecified atom stereocenters. The van der Waals surface area contributed by atoms with Crippen molar-refractivity contribution < 1.29 is 14.3 Å². The number of amides is 1. The highest BCUT2D eigenvalue weighted by Crippen LogP contribution is 2.36. The number of carbonyl (C=O) groups excluding carboxylic acids is 1. The van der Waals surface area contributed by atoms with Gasteiger partial charge in [-0.05, 0) is 31.2 Å². The molecule has 0 aliphatic carbocycles. The molecule has 0 atom stereocenters. The Bertz CT molecular complexity index is 885. The Kier molecular flexibility index (Phi) is 3.51. The fourth-order valence-electron chi connectivity index (χ4n) is 2.29. The van der Waals surface area contributed by atoms with Gasteiger partial charge in [-0.1, -0.05) is 6.07 Å². The third-order valence-corrected chi connectivity index (χ3v) is 5.14. The first kappa shape index (κ1) is 14.2. The number of benzene rings is 1. The molecule has 3 heterocycles. The minimum Gasteiger partial charge on any atom is -0.454 e. The van der Waals surface area contributed by atoms with Gasteiger partial charge in [-0.15, -0.1) is 22.7 Å². The zero-order chi connectivity index (χ0) is 15.8. The van der Waals surface area contributed by atoms with Gasteiger partial charge in [0.05, 0.1) is 16.1 Å². The number of hydrogen-bond donors (Lipinski definition) is 1. The Labute approximate surface area is 140 Å². The van der Waals surface area contributed by atoms with Crippen molar-refractivity contribution >= 4 is 33.7 Å². The van der Waals surface area contributed by atoms with Crippen molar-refractivity contribution in [3.8, 4) is 22.1 Å². The maximum Gasteiger partial charge on any atom is 0.261 e. The van der Waals surface area contributed by atoms with Gasteiger partial charge in [0.25, 0.3) is 5.91 Å². The number of hydrogen-bond acceptors (Lipinski definition) is 6. The lowest BCUT2D eigenvalue weighted by Crippen LogP contribution is -2.12. The van der Waals surface area contributed by atoms with Crippen LogP contribution in [0.1, 0.15) is 15.2 Å². The lowest BCUT2D eigenvalue weighted by molar-refractivity contribution is 0.102. The van der Waals surface area contributed by atoms with Crippen molar-refractivity contribution in [1.29, 1.82) is 0 Å². The first-order valence-corrected chi connectivity index (χ1v) is 8.62. The van der Waals surface area contributed by atoms with Gasteiger partial charge in [0.15, 0.2) is 16.6 Å². The molecule has 4 rings (SSSR count). The van der Waals surface area contributed by atoms with Crippen LogP contribution in [-0.2, 0) is 0 Å². The summed E-state index contributed by atoms with van der Waals surface area (Å²) >= 11 is 3.08. The molecule has 0 saturated heterocycles. The molecule has 1 aliphatic rings. The van der Waals surface area contributed by atoms with Gasteiger partial charge in [0.1, 0.15) is 0 Å². The molecule has 3 aromatic rings. The van der Waals surface area contributed by atoms with Crippen LogP contribution < -0.4 is 14.8 Å². The summed E-state index contributed by atoms with van der Waals surface area (Å²) in [5, 5.41) is 5.33. The number of thiazole rings is 1. The van der Waals surface area contributed by atoms with Crippen LogP contribution in [0, 0.1) is 6.92 Å². The lowest BCUT2D eigenvalue weighted by Gasteiger charge is -2.05. The Morgan fingerprint density at radius 2 is 2.17 bits per heavy atom. The quantitative estimate of drug-likeness (QED) is 0.775. The summed E-state index contributed by atoms with van der Waals surface area (Å²) in [5.41, 5.74) is 1.32. The van der Waals surface area contributed by atoms with Gasteiger partial charge < -0.3 is 9.47 Å². The number of thiophene rings is 1. The number of aryl methyl sites for hydroxylation is 1. The van der Waals surface area contributed by atoms with Crippen LogP contribution in [0.3, 0.4) is 0 Å². The summed E-state index contributed by atoms with van der Waals surface area (Å²) in [7, 11) is 0. The molecule has 7 heteroatoms. The largest absolute Gasteiger partial charge is 0.454 e. The molecule has 1 aliphatic heterocycles. The van der Waals surface area contributed by atoms with Crippen molar-refractivity contribution in [1.82, 2.24) is 4.98 Å². The summed E-state index contributed by atoms with van der Waals surface area (Å²) < 4.78 is 10.7. The summed E-state index contributed by atoms with van der Waals surface area (Å²) in [6, 6.07) is 9.35. The number of nitrogens with one attached hydrogen (secondary N) is 1. The maximum absolute atomic E-state index is 12.4. The van der Waals surface area contributed by atoms with Crippen molar-refractivity contribution in [2.45, 2.75) is 6.92 Å². The van der Waals surface area contributed by atoms with E-state index in [0.29, 0.717) is 22.2 Å². The van der Waals surface area contributed by atoms with Crippen molar-refractivity contribution in [2.24, 2.45) is 0 Å². The van der Waals surface area contributed by atoms with E-state index in [-0.39, 0.29) is 12.7 Å². The maximum atomic E-state index is 12.4. The van der Waals surface area contributed by atoms with E-state index in [4.69, 9.17) is 9.47 Å². The predicted octanol–water partition coefficient (Wildman–Crippen LogP) is 4.16. The zero-order valence-electron chi connectivity index (χ0n) is 12.2. The van der Waals surface area contributed by atoms with Crippen LogP contribution in [0.2, 0.25) is 0 Å². The van der Waals surface area contributed by atoms with E-state index in [1.54, 1.807) is 29.5 Å². The SMILES string of the molecule is Cc1ccc(-c2csc(NC(=O)c3cccc4c3OCO4)n2)s1. The van der Waals surface area contributed by atoms with Crippen molar-refractivity contribution in [3.63, 3.8) is 0 Å². The number of para-hydroxylation sites is 1. The van der Waals surface area contributed by atoms with Crippen LogP contribution >= 0.6 is 22.7 Å². The molecule has 2 aromatic heterocycles. The van der Waals surface area contributed by atoms with Crippen LogP contribution in [0.5, 0.6) is 11.5 Å². The number of anilines is 1. The molecule has 0 fully saturated rings. The van der Waals surface area contributed by atoms with E-state index in [0.717, 1.165) is 10.6 Å². The predicted molar refractivity (Wildman–Crippen MR) is 90.7 cm³/mol. The molecule has 1 N–H and O–H groups in total. The van der Waals surface area contributed by atoms with Crippen LogP contribution in [0.25, 0.3) is 10.6 Å². The van der Waals surface area contributed by atoms with Crippen LogP contribution in [-0.4, -0.2) is 17.7 Å². The normalized spacial score (nSPS) is 12.4. The van der Waals surface area contributed by atoms with E-state index in [2.05, 4.69) is 23.3 Å². The van der Waals surface area contributed by atoms with Gasteiger partial charge in [0, 0.05) is 10.3 Å². The molecule has 0 spiro atoms. The second-order valence-corrected chi connectivity index (χ2v) is 7.09. The van der Waals surface area contributed by atoms with E-state index >= 15 is 0 Å². The highest BCUT2D eigenvalue weighted by Gasteiger charge is 2.22. The third kappa shape index (κ3) is 2.69. The molecule has 1 amide bonds. The lowest BCUT2D eigenvalue weighted by atomic mass is 10.2. The van der Waals surface area contributed by atoms with Crippen molar-refractivity contribution in [3.05, 3.63) is 46.2 Å². The molecular weight excluding hydrogens is 332 g/mol. The second kappa shape index (κ2) is 5.68. The van der Waals surface area contributed by atoms with E-state index in [9.17, 15) is 4.79 Å². The fraction of sp³-hybridized carbons (Fsp3) is 0.125. The molecule has 0 radical (unpaired) electrons. The van der Waals surface area contributed by atoms with Crippen LogP contribution in [0.4, 0.5) is 5.13 Å². The van der Waals surface area contributed by atoms with Crippen LogP contribution in [0.15, 0.2) is 35.7 Å².